The highest BCUT2D eigenvalue weighted by Gasteiger charge is 2.19. The van der Waals surface area contributed by atoms with Gasteiger partial charge in [-0.1, -0.05) is 6.07 Å². The van der Waals surface area contributed by atoms with E-state index >= 15 is 0 Å². The second-order valence-corrected chi connectivity index (χ2v) is 5.24. The van der Waals surface area contributed by atoms with Crippen molar-refractivity contribution in [3.63, 3.8) is 0 Å². The Morgan fingerprint density at radius 2 is 1.95 bits per heavy atom. The SMILES string of the molecule is COc1cc(C)c(C(CC(=O)O)CN(C)C)cc1C. The topological polar surface area (TPSA) is 49.8 Å². The maximum atomic E-state index is 11.0. The van der Waals surface area contributed by atoms with Crippen LogP contribution in [0.15, 0.2) is 12.1 Å². The van der Waals surface area contributed by atoms with Gasteiger partial charge in [0.2, 0.25) is 0 Å². The summed E-state index contributed by atoms with van der Waals surface area (Å²) in [5.74, 6) is 0.0806. The fraction of sp³-hybridized carbons (Fsp3) is 0.533. The molecule has 0 spiro atoms. The van der Waals surface area contributed by atoms with Gasteiger partial charge in [-0.25, -0.2) is 0 Å². The molecule has 106 valence electrons. The number of benzene rings is 1. The van der Waals surface area contributed by atoms with Gasteiger partial charge in [-0.2, -0.15) is 0 Å². The smallest absolute Gasteiger partial charge is 0.304 e. The Bertz CT molecular complexity index is 455. The van der Waals surface area contributed by atoms with Crippen LogP contribution in [-0.2, 0) is 4.79 Å². The number of carboxylic acid groups (broad SMARTS) is 1. The average molecular weight is 265 g/mol. The second kappa shape index (κ2) is 6.57. The van der Waals surface area contributed by atoms with Crippen molar-refractivity contribution >= 4 is 5.97 Å². The van der Waals surface area contributed by atoms with E-state index in [0.29, 0.717) is 0 Å². The van der Waals surface area contributed by atoms with Gasteiger partial charge < -0.3 is 14.7 Å². The minimum absolute atomic E-state index is 0.00268. The fourth-order valence-electron chi connectivity index (χ4n) is 2.40. The van der Waals surface area contributed by atoms with Crippen molar-refractivity contribution in [2.45, 2.75) is 26.2 Å². The van der Waals surface area contributed by atoms with Crippen molar-refractivity contribution in [2.24, 2.45) is 0 Å². The summed E-state index contributed by atoms with van der Waals surface area (Å²) >= 11 is 0. The van der Waals surface area contributed by atoms with Gasteiger partial charge in [0.05, 0.1) is 13.5 Å². The first kappa shape index (κ1) is 15.5. The number of aryl methyl sites for hydroxylation is 2. The number of carboxylic acids is 1. The van der Waals surface area contributed by atoms with Crippen LogP contribution in [-0.4, -0.2) is 43.7 Å². The minimum atomic E-state index is -0.764. The van der Waals surface area contributed by atoms with E-state index in [1.165, 1.54) is 0 Å². The largest absolute Gasteiger partial charge is 0.496 e. The lowest BCUT2D eigenvalue weighted by atomic mass is 9.90. The maximum absolute atomic E-state index is 11.0. The molecule has 0 bridgehead atoms. The van der Waals surface area contributed by atoms with Crippen LogP contribution < -0.4 is 4.74 Å². The van der Waals surface area contributed by atoms with Crippen LogP contribution in [0.5, 0.6) is 5.75 Å². The zero-order valence-corrected chi connectivity index (χ0v) is 12.4. The molecule has 0 radical (unpaired) electrons. The minimum Gasteiger partial charge on any atom is -0.496 e. The number of methoxy groups -OCH3 is 1. The van der Waals surface area contributed by atoms with E-state index < -0.39 is 5.97 Å². The highest BCUT2D eigenvalue weighted by molar-refractivity contribution is 5.68. The lowest BCUT2D eigenvalue weighted by molar-refractivity contribution is -0.137. The molecule has 1 N–H and O–H groups in total. The maximum Gasteiger partial charge on any atom is 0.304 e. The number of likely N-dealkylation sites (N-methyl/N-ethyl adjacent to an activating group) is 1. The summed E-state index contributed by atoms with van der Waals surface area (Å²) in [4.78, 5) is 13.1. The normalized spacial score (nSPS) is 12.5. The molecule has 0 aromatic heterocycles. The summed E-state index contributed by atoms with van der Waals surface area (Å²) in [5, 5.41) is 9.08. The molecule has 1 aromatic carbocycles. The molecule has 0 aliphatic rings. The molecule has 4 heteroatoms. The molecule has 1 unspecified atom stereocenters. The van der Waals surface area contributed by atoms with Gasteiger partial charge in [-0.15, -0.1) is 0 Å². The second-order valence-electron chi connectivity index (χ2n) is 5.24. The van der Waals surface area contributed by atoms with Crippen molar-refractivity contribution in [3.05, 3.63) is 28.8 Å². The van der Waals surface area contributed by atoms with Gasteiger partial charge in [0, 0.05) is 12.5 Å². The fourth-order valence-corrected chi connectivity index (χ4v) is 2.40. The standard InChI is InChI=1S/C15H23NO3/c1-10-7-14(19-5)11(2)6-13(10)12(8-15(17)18)9-16(3)4/h6-7,12H,8-9H2,1-5H3,(H,17,18). The molecule has 0 saturated carbocycles. The van der Waals surface area contributed by atoms with Crippen LogP contribution in [0.3, 0.4) is 0 Å². The molecule has 0 saturated heterocycles. The summed E-state index contributed by atoms with van der Waals surface area (Å²) in [7, 11) is 5.57. The quantitative estimate of drug-likeness (QED) is 0.858. The van der Waals surface area contributed by atoms with Gasteiger partial charge in [0.25, 0.3) is 0 Å². The first-order chi connectivity index (χ1) is 8.85. The molecular formula is C15H23NO3. The van der Waals surface area contributed by atoms with Gasteiger partial charge in [-0.05, 0) is 50.7 Å². The number of aliphatic carboxylic acids is 1. The van der Waals surface area contributed by atoms with E-state index in [-0.39, 0.29) is 12.3 Å². The molecule has 0 aliphatic carbocycles. The van der Waals surface area contributed by atoms with Crippen molar-refractivity contribution in [2.75, 3.05) is 27.7 Å². The lowest BCUT2D eigenvalue weighted by Crippen LogP contribution is -2.23. The Kier molecular flexibility index (Phi) is 5.36. The number of ether oxygens (including phenoxy) is 1. The first-order valence-corrected chi connectivity index (χ1v) is 6.36. The monoisotopic (exact) mass is 265 g/mol. The van der Waals surface area contributed by atoms with Gasteiger partial charge >= 0.3 is 5.97 Å². The van der Waals surface area contributed by atoms with Crippen LogP contribution >= 0.6 is 0 Å². The lowest BCUT2D eigenvalue weighted by Gasteiger charge is -2.23. The van der Waals surface area contributed by atoms with Crippen molar-refractivity contribution < 1.29 is 14.6 Å². The summed E-state index contributed by atoms with van der Waals surface area (Å²) in [6, 6.07) is 4.03. The Morgan fingerprint density at radius 1 is 1.32 bits per heavy atom. The molecule has 19 heavy (non-hydrogen) atoms. The number of hydrogen-bond donors (Lipinski definition) is 1. The Hall–Kier alpha value is -1.55. The predicted octanol–water partition coefficient (Wildman–Crippen LogP) is 2.43. The summed E-state index contributed by atoms with van der Waals surface area (Å²) < 4.78 is 5.30. The third-order valence-electron chi connectivity index (χ3n) is 3.23. The van der Waals surface area contributed by atoms with Crippen LogP contribution in [0.2, 0.25) is 0 Å². The van der Waals surface area contributed by atoms with Crippen molar-refractivity contribution in [1.82, 2.24) is 4.90 Å². The molecular weight excluding hydrogens is 242 g/mol. The van der Waals surface area contributed by atoms with E-state index in [2.05, 4.69) is 0 Å². The molecule has 0 amide bonds. The molecule has 4 nitrogen and oxygen atoms in total. The van der Waals surface area contributed by atoms with Crippen molar-refractivity contribution in [3.8, 4) is 5.75 Å². The van der Waals surface area contributed by atoms with Crippen LogP contribution in [0, 0.1) is 13.8 Å². The molecule has 0 fully saturated rings. The highest BCUT2D eigenvalue weighted by atomic mass is 16.5. The van der Waals surface area contributed by atoms with E-state index in [0.717, 1.165) is 29.0 Å². The number of carbonyl (C=O) groups is 1. The zero-order chi connectivity index (χ0) is 14.6. The van der Waals surface area contributed by atoms with Crippen molar-refractivity contribution in [1.29, 1.82) is 0 Å². The Balaban J connectivity index is 3.14. The third-order valence-corrected chi connectivity index (χ3v) is 3.23. The Labute approximate surface area is 115 Å². The molecule has 1 rings (SSSR count). The predicted molar refractivity (Wildman–Crippen MR) is 76.0 cm³/mol. The highest BCUT2D eigenvalue weighted by Crippen LogP contribution is 2.29. The van der Waals surface area contributed by atoms with Gasteiger partial charge in [0.15, 0.2) is 0 Å². The molecule has 1 atom stereocenters. The first-order valence-electron chi connectivity index (χ1n) is 6.36. The Morgan fingerprint density at radius 3 is 2.42 bits per heavy atom. The summed E-state index contributed by atoms with van der Waals surface area (Å²) in [5.41, 5.74) is 3.21. The zero-order valence-electron chi connectivity index (χ0n) is 12.4. The average Bonchev–Trinajstić information content (AvgIpc) is 2.29. The number of nitrogens with zero attached hydrogens (tertiary/aromatic N) is 1. The van der Waals surface area contributed by atoms with E-state index in [1.807, 2.05) is 45.0 Å². The summed E-state index contributed by atoms with van der Waals surface area (Å²) in [6.45, 7) is 4.70. The van der Waals surface area contributed by atoms with Gasteiger partial charge in [0.1, 0.15) is 5.75 Å². The molecule has 0 heterocycles. The summed E-state index contributed by atoms with van der Waals surface area (Å²) in [6.07, 6.45) is 0.144. The number of hydrogen-bond acceptors (Lipinski definition) is 3. The van der Waals surface area contributed by atoms with Crippen LogP contribution in [0.25, 0.3) is 0 Å². The van der Waals surface area contributed by atoms with E-state index in [4.69, 9.17) is 9.84 Å². The van der Waals surface area contributed by atoms with Crippen LogP contribution in [0.4, 0.5) is 0 Å². The third kappa shape index (κ3) is 4.24. The van der Waals surface area contributed by atoms with E-state index in [9.17, 15) is 4.79 Å². The number of rotatable bonds is 6. The van der Waals surface area contributed by atoms with Crippen LogP contribution in [0.1, 0.15) is 29.0 Å². The molecule has 1 aromatic rings. The molecule has 0 aliphatic heterocycles. The van der Waals surface area contributed by atoms with Gasteiger partial charge in [-0.3, -0.25) is 4.79 Å². The van der Waals surface area contributed by atoms with E-state index in [1.54, 1.807) is 7.11 Å².